The minimum absolute atomic E-state index is 0.169. The highest BCUT2D eigenvalue weighted by Gasteiger charge is 2.28. The van der Waals surface area contributed by atoms with Gasteiger partial charge in [0, 0.05) is 29.6 Å². The lowest BCUT2D eigenvalue weighted by atomic mass is 9.87. The Morgan fingerprint density at radius 3 is 2.64 bits per heavy atom. The maximum Gasteiger partial charge on any atom is 0.324 e. The summed E-state index contributed by atoms with van der Waals surface area (Å²) >= 11 is 0. The molecule has 0 saturated carbocycles. The molecule has 3 heterocycles. The van der Waals surface area contributed by atoms with Crippen LogP contribution < -0.4 is 5.32 Å². The quantitative estimate of drug-likeness (QED) is 0.837. The van der Waals surface area contributed by atoms with E-state index in [2.05, 4.69) is 40.4 Å². The molecule has 6 heteroatoms. The minimum Gasteiger partial charge on any atom is -0.358 e. The van der Waals surface area contributed by atoms with Crippen molar-refractivity contribution in [2.24, 2.45) is 0 Å². The van der Waals surface area contributed by atoms with Crippen LogP contribution in [-0.4, -0.2) is 59.9 Å². The van der Waals surface area contributed by atoms with E-state index < -0.39 is 0 Å². The largest absolute Gasteiger partial charge is 0.358 e. The maximum atomic E-state index is 11.8. The van der Waals surface area contributed by atoms with Crippen LogP contribution in [0.25, 0.3) is 10.9 Å². The number of piperidine rings is 1. The van der Waals surface area contributed by atoms with Crippen molar-refractivity contribution in [1.82, 2.24) is 20.1 Å². The van der Waals surface area contributed by atoms with Crippen LogP contribution in [-0.2, 0) is 11.2 Å². The molecule has 2 saturated heterocycles. The Hall–Kier alpha value is -2.34. The van der Waals surface area contributed by atoms with Crippen LogP contribution in [0.2, 0.25) is 0 Å². The smallest absolute Gasteiger partial charge is 0.324 e. The third-order valence-corrected chi connectivity index (χ3v) is 5.45. The zero-order chi connectivity index (χ0) is 17.4. The number of benzene rings is 1. The summed E-state index contributed by atoms with van der Waals surface area (Å²) in [6, 6.07) is 8.17. The molecule has 0 radical (unpaired) electrons. The first kappa shape index (κ1) is 16.1. The zero-order valence-corrected chi connectivity index (χ0v) is 14.5. The van der Waals surface area contributed by atoms with E-state index in [0.717, 1.165) is 37.9 Å². The normalized spacial score (nSPS) is 19.8. The molecule has 2 fully saturated rings. The Balaban J connectivity index is 1.60. The number of hydrogen-bond acceptors (Lipinski definition) is 3. The molecular weight excluding hydrogens is 316 g/mol. The second-order valence-electron chi connectivity index (χ2n) is 7.17. The van der Waals surface area contributed by atoms with Gasteiger partial charge in [0.25, 0.3) is 0 Å². The van der Waals surface area contributed by atoms with Crippen molar-refractivity contribution in [1.29, 1.82) is 0 Å². The van der Waals surface area contributed by atoms with Crippen LogP contribution in [0.3, 0.4) is 0 Å². The molecule has 0 unspecified atom stereocenters. The number of para-hydroxylation sites is 1. The topological polar surface area (TPSA) is 68.4 Å². The Morgan fingerprint density at radius 2 is 1.92 bits per heavy atom. The van der Waals surface area contributed by atoms with Crippen molar-refractivity contribution in [3.8, 4) is 0 Å². The molecule has 0 bridgehead atoms. The molecule has 6 nitrogen and oxygen atoms in total. The second kappa shape index (κ2) is 6.52. The van der Waals surface area contributed by atoms with Crippen molar-refractivity contribution in [3.63, 3.8) is 0 Å². The Kier molecular flexibility index (Phi) is 4.21. The van der Waals surface area contributed by atoms with E-state index in [-0.39, 0.29) is 18.5 Å². The Bertz CT molecular complexity index is 805. The van der Waals surface area contributed by atoms with Crippen molar-refractivity contribution in [3.05, 3.63) is 35.5 Å². The van der Waals surface area contributed by atoms with E-state index in [1.54, 1.807) is 4.90 Å². The number of rotatable bonds is 4. The number of hydrogen-bond donors (Lipinski definition) is 2. The van der Waals surface area contributed by atoms with Crippen LogP contribution in [0.1, 0.15) is 30.0 Å². The molecule has 132 valence electrons. The number of carbonyl (C=O) groups excluding carboxylic acids is 2. The number of nitrogens with zero attached hydrogens (tertiary/aromatic N) is 2. The summed E-state index contributed by atoms with van der Waals surface area (Å²) in [4.78, 5) is 30.7. The van der Waals surface area contributed by atoms with Gasteiger partial charge in [-0.15, -0.1) is 0 Å². The minimum atomic E-state index is -0.276. The second-order valence-corrected chi connectivity index (χ2v) is 7.17. The van der Waals surface area contributed by atoms with Gasteiger partial charge in [0.05, 0.1) is 0 Å². The van der Waals surface area contributed by atoms with Gasteiger partial charge in [-0.3, -0.25) is 10.1 Å². The van der Waals surface area contributed by atoms with Gasteiger partial charge in [0.15, 0.2) is 0 Å². The molecule has 1 aromatic heterocycles. The highest BCUT2D eigenvalue weighted by molar-refractivity contribution is 6.01. The molecule has 2 aliphatic heterocycles. The Labute approximate surface area is 147 Å². The molecule has 1 aromatic carbocycles. The number of urea groups is 1. The molecular formula is C19H24N4O2. The highest BCUT2D eigenvalue weighted by atomic mass is 16.2. The van der Waals surface area contributed by atoms with Gasteiger partial charge in [-0.2, -0.15) is 0 Å². The zero-order valence-electron chi connectivity index (χ0n) is 14.5. The average molecular weight is 340 g/mol. The van der Waals surface area contributed by atoms with E-state index >= 15 is 0 Å². The van der Waals surface area contributed by atoms with Gasteiger partial charge in [0.2, 0.25) is 5.91 Å². The van der Waals surface area contributed by atoms with Gasteiger partial charge >= 0.3 is 6.03 Å². The number of aromatic amines is 1. The first-order chi connectivity index (χ1) is 12.1. The van der Waals surface area contributed by atoms with Crippen molar-refractivity contribution in [2.75, 3.05) is 33.2 Å². The third-order valence-electron chi connectivity index (χ3n) is 5.45. The number of aromatic nitrogens is 1. The van der Waals surface area contributed by atoms with Crippen LogP contribution in [0.5, 0.6) is 0 Å². The SMILES string of the molecule is CN1CCC(c2c(CCN3CC(=O)NC3=O)[nH]c3ccccc23)CC1. The fourth-order valence-corrected chi connectivity index (χ4v) is 4.09. The summed E-state index contributed by atoms with van der Waals surface area (Å²) in [5, 5.41) is 3.64. The van der Waals surface area contributed by atoms with Gasteiger partial charge in [-0.1, -0.05) is 18.2 Å². The number of likely N-dealkylation sites (tertiary alicyclic amines) is 1. The van der Waals surface area contributed by atoms with Gasteiger partial charge in [-0.05, 0) is 50.5 Å². The van der Waals surface area contributed by atoms with Crippen molar-refractivity contribution >= 4 is 22.8 Å². The van der Waals surface area contributed by atoms with Crippen LogP contribution in [0, 0.1) is 0 Å². The van der Waals surface area contributed by atoms with E-state index in [1.165, 1.54) is 16.6 Å². The average Bonchev–Trinajstić information content (AvgIpc) is 3.13. The van der Waals surface area contributed by atoms with E-state index in [0.29, 0.717) is 12.5 Å². The van der Waals surface area contributed by atoms with Crippen LogP contribution >= 0.6 is 0 Å². The summed E-state index contributed by atoms with van der Waals surface area (Å²) in [6.07, 6.45) is 3.07. The number of amides is 3. The summed E-state index contributed by atoms with van der Waals surface area (Å²) < 4.78 is 0. The third kappa shape index (κ3) is 3.14. The summed E-state index contributed by atoms with van der Waals surface area (Å²) in [6.45, 7) is 2.96. The van der Waals surface area contributed by atoms with E-state index in [9.17, 15) is 9.59 Å². The molecule has 0 aliphatic carbocycles. The van der Waals surface area contributed by atoms with Crippen LogP contribution in [0.15, 0.2) is 24.3 Å². The van der Waals surface area contributed by atoms with Gasteiger partial charge in [0.1, 0.15) is 6.54 Å². The number of H-pyrrole nitrogens is 1. The number of fused-ring (bicyclic) bond motifs is 1. The molecule has 2 N–H and O–H groups in total. The fraction of sp³-hybridized carbons (Fsp3) is 0.474. The molecule has 0 spiro atoms. The summed E-state index contributed by atoms with van der Waals surface area (Å²) in [7, 11) is 2.18. The van der Waals surface area contributed by atoms with E-state index in [1.807, 2.05) is 6.07 Å². The van der Waals surface area contributed by atoms with Gasteiger partial charge in [-0.25, -0.2) is 4.79 Å². The molecule has 2 aromatic rings. The van der Waals surface area contributed by atoms with Crippen molar-refractivity contribution in [2.45, 2.75) is 25.2 Å². The predicted molar refractivity (Wildman–Crippen MR) is 96.6 cm³/mol. The predicted octanol–water partition coefficient (Wildman–Crippen LogP) is 2.07. The molecule has 25 heavy (non-hydrogen) atoms. The molecule has 4 rings (SSSR count). The number of carbonyl (C=O) groups is 2. The van der Waals surface area contributed by atoms with Crippen LogP contribution in [0.4, 0.5) is 4.79 Å². The van der Waals surface area contributed by atoms with Gasteiger partial charge < -0.3 is 14.8 Å². The lowest BCUT2D eigenvalue weighted by molar-refractivity contribution is -0.118. The first-order valence-corrected chi connectivity index (χ1v) is 8.98. The first-order valence-electron chi connectivity index (χ1n) is 8.98. The fourth-order valence-electron chi connectivity index (χ4n) is 4.09. The lowest BCUT2D eigenvalue weighted by Crippen LogP contribution is -2.31. The lowest BCUT2D eigenvalue weighted by Gasteiger charge is -2.29. The molecule has 3 amide bonds. The summed E-state index contributed by atoms with van der Waals surface area (Å²) in [5.74, 6) is 0.341. The highest BCUT2D eigenvalue weighted by Crippen LogP contribution is 2.36. The standard InChI is InChI=1S/C19H24N4O2/c1-22-9-6-13(7-10-22)18-14-4-2-3-5-15(14)20-16(18)8-11-23-12-17(24)21-19(23)25/h2-5,13,20H,6-12H2,1H3,(H,21,24,25). The monoisotopic (exact) mass is 340 g/mol. The summed E-state index contributed by atoms with van der Waals surface area (Å²) in [5.41, 5.74) is 3.78. The number of nitrogens with one attached hydrogen (secondary N) is 2. The molecule has 0 atom stereocenters. The molecule has 2 aliphatic rings. The van der Waals surface area contributed by atoms with Crippen molar-refractivity contribution < 1.29 is 9.59 Å². The maximum absolute atomic E-state index is 11.8. The Morgan fingerprint density at radius 1 is 1.16 bits per heavy atom. The number of imide groups is 1. The van der Waals surface area contributed by atoms with E-state index in [4.69, 9.17) is 0 Å².